The zero-order valence-electron chi connectivity index (χ0n) is 12.1. The highest BCUT2D eigenvalue weighted by atomic mass is 35.5. The van der Waals surface area contributed by atoms with Gasteiger partial charge in [-0.05, 0) is 73.4 Å². The molecule has 3 heteroatoms. The Labute approximate surface area is 124 Å². The summed E-state index contributed by atoms with van der Waals surface area (Å²) in [5.74, 6) is 0. The van der Waals surface area contributed by atoms with Gasteiger partial charge in [0, 0.05) is 4.88 Å². The van der Waals surface area contributed by atoms with Gasteiger partial charge < -0.3 is 5.73 Å². The molecular weight excluding hydrogens is 274 g/mol. The van der Waals surface area contributed by atoms with E-state index in [0.717, 1.165) is 15.5 Å². The molecule has 2 aromatic rings. The van der Waals surface area contributed by atoms with E-state index >= 15 is 0 Å². The monoisotopic (exact) mass is 293 g/mol. The summed E-state index contributed by atoms with van der Waals surface area (Å²) < 4.78 is 0. The van der Waals surface area contributed by atoms with Gasteiger partial charge in [-0.15, -0.1) is 11.3 Å². The van der Waals surface area contributed by atoms with Crippen LogP contribution in [0.1, 0.15) is 44.3 Å². The molecule has 1 aromatic carbocycles. The summed E-state index contributed by atoms with van der Waals surface area (Å²) in [6.07, 6.45) is 0. The lowest BCUT2D eigenvalue weighted by Gasteiger charge is -2.20. The summed E-state index contributed by atoms with van der Waals surface area (Å²) in [6.45, 7) is 10.6. The molecule has 0 saturated heterocycles. The van der Waals surface area contributed by atoms with E-state index in [-0.39, 0.29) is 6.04 Å². The van der Waals surface area contributed by atoms with Crippen molar-refractivity contribution >= 4 is 22.9 Å². The van der Waals surface area contributed by atoms with Crippen molar-refractivity contribution in [3.63, 3.8) is 0 Å². The molecule has 102 valence electrons. The Balaban J connectivity index is 2.62. The predicted molar refractivity (Wildman–Crippen MR) is 85.5 cm³/mol. The zero-order valence-corrected chi connectivity index (χ0v) is 13.7. The van der Waals surface area contributed by atoms with Gasteiger partial charge in [0.05, 0.1) is 11.1 Å². The van der Waals surface area contributed by atoms with Crippen molar-refractivity contribution in [3.8, 4) is 0 Å². The minimum atomic E-state index is -0.134. The summed E-state index contributed by atoms with van der Waals surface area (Å²) >= 11 is 8.02. The molecule has 1 nitrogen and oxygen atoms in total. The second-order valence-corrected chi connectivity index (χ2v) is 6.54. The van der Waals surface area contributed by atoms with E-state index in [1.165, 1.54) is 27.8 Å². The Bertz CT molecular complexity index is 602. The minimum Gasteiger partial charge on any atom is -0.320 e. The van der Waals surface area contributed by atoms with Crippen LogP contribution in [0.2, 0.25) is 5.02 Å². The van der Waals surface area contributed by atoms with Gasteiger partial charge in [0.25, 0.3) is 0 Å². The number of aryl methyl sites for hydroxylation is 3. The van der Waals surface area contributed by atoms with Crippen molar-refractivity contribution < 1.29 is 0 Å². The molecule has 0 spiro atoms. The number of thiophene rings is 1. The lowest BCUT2D eigenvalue weighted by molar-refractivity contribution is 0.863. The van der Waals surface area contributed by atoms with Crippen LogP contribution in [0.25, 0.3) is 0 Å². The number of benzene rings is 1. The molecule has 19 heavy (non-hydrogen) atoms. The van der Waals surface area contributed by atoms with E-state index in [4.69, 9.17) is 17.3 Å². The molecule has 0 amide bonds. The third-order valence-electron chi connectivity index (χ3n) is 3.94. The summed E-state index contributed by atoms with van der Waals surface area (Å²) in [5, 5.41) is 2.89. The van der Waals surface area contributed by atoms with Crippen LogP contribution in [0.15, 0.2) is 11.4 Å². The Hall–Kier alpha value is -0.830. The normalized spacial score (nSPS) is 12.8. The molecular formula is C16H20ClNS. The molecule has 2 rings (SSSR count). The number of hydrogen-bond donors (Lipinski definition) is 1. The summed E-state index contributed by atoms with van der Waals surface area (Å²) in [5.41, 5.74) is 14.0. The standard InChI is InChI=1S/C16H20ClNS/c1-8-6-9(2)12(5)13(11(8)4)15(18)16-14(17)10(3)7-19-16/h6-7,15H,18H2,1-5H3. The Kier molecular flexibility index (Phi) is 4.05. The van der Waals surface area contributed by atoms with Crippen molar-refractivity contribution in [1.82, 2.24) is 0 Å². The maximum Gasteiger partial charge on any atom is 0.0666 e. The van der Waals surface area contributed by atoms with Gasteiger partial charge in [0.1, 0.15) is 0 Å². The predicted octanol–water partition coefficient (Wildman–Crippen LogP) is 4.99. The molecule has 0 aliphatic heterocycles. The van der Waals surface area contributed by atoms with Crippen LogP contribution in [-0.4, -0.2) is 0 Å². The fourth-order valence-electron chi connectivity index (χ4n) is 2.50. The number of hydrogen-bond acceptors (Lipinski definition) is 2. The Morgan fingerprint density at radius 3 is 1.95 bits per heavy atom. The lowest BCUT2D eigenvalue weighted by atomic mass is 9.89. The van der Waals surface area contributed by atoms with Crippen molar-refractivity contribution in [2.45, 2.75) is 40.7 Å². The summed E-state index contributed by atoms with van der Waals surface area (Å²) in [7, 11) is 0. The van der Waals surface area contributed by atoms with E-state index in [0.29, 0.717) is 0 Å². The fourth-order valence-corrected chi connectivity index (χ4v) is 3.83. The smallest absolute Gasteiger partial charge is 0.0666 e. The lowest BCUT2D eigenvalue weighted by Crippen LogP contribution is -2.15. The number of nitrogens with two attached hydrogens (primary N) is 1. The molecule has 0 saturated carbocycles. The van der Waals surface area contributed by atoms with Crippen LogP contribution in [0, 0.1) is 34.6 Å². The second-order valence-electron chi connectivity index (χ2n) is 5.25. The highest BCUT2D eigenvalue weighted by Gasteiger charge is 2.21. The molecule has 0 bridgehead atoms. The first-order valence-corrected chi connectivity index (χ1v) is 7.66. The minimum absolute atomic E-state index is 0.134. The molecule has 0 aliphatic carbocycles. The molecule has 2 N–H and O–H groups in total. The first-order chi connectivity index (χ1) is 8.84. The van der Waals surface area contributed by atoms with Crippen LogP contribution < -0.4 is 5.73 Å². The second kappa shape index (κ2) is 5.28. The van der Waals surface area contributed by atoms with Crippen molar-refractivity contribution in [2.24, 2.45) is 5.73 Å². The van der Waals surface area contributed by atoms with Crippen molar-refractivity contribution in [1.29, 1.82) is 0 Å². The van der Waals surface area contributed by atoms with Crippen LogP contribution >= 0.6 is 22.9 Å². The fraction of sp³-hybridized carbons (Fsp3) is 0.375. The molecule has 1 unspecified atom stereocenters. The topological polar surface area (TPSA) is 26.0 Å². The SMILES string of the molecule is Cc1cc(C)c(C)c(C(N)c2scc(C)c2Cl)c1C. The van der Waals surface area contributed by atoms with Gasteiger partial charge in [-0.1, -0.05) is 17.7 Å². The highest BCUT2D eigenvalue weighted by molar-refractivity contribution is 7.10. The van der Waals surface area contributed by atoms with Gasteiger partial charge in [-0.25, -0.2) is 0 Å². The largest absolute Gasteiger partial charge is 0.320 e. The molecule has 0 radical (unpaired) electrons. The Morgan fingerprint density at radius 2 is 1.53 bits per heavy atom. The van der Waals surface area contributed by atoms with Crippen LogP contribution in [-0.2, 0) is 0 Å². The van der Waals surface area contributed by atoms with Gasteiger partial charge >= 0.3 is 0 Å². The quantitative estimate of drug-likeness (QED) is 0.829. The molecule has 1 aromatic heterocycles. The van der Waals surface area contributed by atoms with Gasteiger partial charge in [0.15, 0.2) is 0 Å². The molecule has 1 heterocycles. The molecule has 0 fully saturated rings. The van der Waals surface area contributed by atoms with Crippen LogP contribution in [0.5, 0.6) is 0 Å². The maximum absolute atomic E-state index is 6.50. The highest BCUT2D eigenvalue weighted by Crippen LogP contribution is 2.37. The average Bonchev–Trinajstić information content (AvgIpc) is 2.68. The van der Waals surface area contributed by atoms with Crippen LogP contribution in [0.4, 0.5) is 0 Å². The first kappa shape index (κ1) is 14.6. The van der Waals surface area contributed by atoms with E-state index in [1.807, 2.05) is 6.92 Å². The van der Waals surface area contributed by atoms with E-state index in [9.17, 15) is 0 Å². The van der Waals surface area contributed by atoms with Crippen LogP contribution in [0.3, 0.4) is 0 Å². The summed E-state index contributed by atoms with van der Waals surface area (Å²) in [6, 6.07) is 2.09. The third-order valence-corrected chi connectivity index (χ3v) is 5.74. The molecule has 1 atom stereocenters. The number of halogens is 1. The van der Waals surface area contributed by atoms with Crippen molar-refractivity contribution in [2.75, 3.05) is 0 Å². The van der Waals surface area contributed by atoms with Gasteiger partial charge in [-0.2, -0.15) is 0 Å². The van der Waals surface area contributed by atoms with E-state index in [1.54, 1.807) is 11.3 Å². The van der Waals surface area contributed by atoms with E-state index in [2.05, 4.69) is 39.1 Å². The summed E-state index contributed by atoms with van der Waals surface area (Å²) in [4.78, 5) is 1.07. The molecule has 0 aliphatic rings. The van der Waals surface area contributed by atoms with Crippen molar-refractivity contribution in [3.05, 3.63) is 54.7 Å². The number of rotatable bonds is 2. The first-order valence-electron chi connectivity index (χ1n) is 6.41. The third kappa shape index (κ3) is 2.45. The average molecular weight is 294 g/mol. The van der Waals surface area contributed by atoms with Gasteiger partial charge in [-0.3, -0.25) is 0 Å². The van der Waals surface area contributed by atoms with Gasteiger partial charge in [0.2, 0.25) is 0 Å². The maximum atomic E-state index is 6.50. The van der Waals surface area contributed by atoms with E-state index < -0.39 is 0 Å². The zero-order chi connectivity index (χ0) is 14.3. The Morgan fingerprint density at radius 1 is 1.00 bits per heavy atom.